The number of nitrogens with one attached hydrogen (secondary N) is 3. The summed E-state index contributed by atoms with van der Waals surface area (Å²) in [6, 6.07) is 17.5. The molecule has 3 heterocycles. The Morgan fingerprint density at radius 2 is 1.66 bits per heavy atom. The second-order valence-electron chi connectivity index (χ2n) is 10.5. The van der Waals surface area contributed by atoms with Crippen LogP contribution in [0.25, 0.3) is 22.2 Å². The Labute approximate surface area is 210 Å². The third kappa shape index (κ3) is 4.81. The summed E-state index contributed by atoms with van der Waals surface area (Å²) in [5, 5.41) is 5.56. The standard InChI is InChI=1S/C31H40N4/c1-4-6-11-17-31(18-12-7-5-2)29-25(24-19-22(3)15-16-26(24)33-29)20-27(35-31)30-32-21-28(34-30)23-13-9-8-10-14-23/h8-10,13-16,19,21,27,33,35H,4-7,11-12,17-18,20H2,1-3H3,(H,32,34)/t27-/m1/s1. The first kappa shape index (κ1) is 23.9. The lowest BCUT2D eigenvalue weighted by atomic mass is 9.77. The molecule has 35 heavy (non-hydrogen) atoms. The van der Waals surface area contributed by atoms with Crippen LogP contribution in [0, 0.1) is 6.92 Å². The summed E-state index contributed by atoms with van der Waals surface area (Å²) in [5.74, 6) is 1.05. The largest absolute Gasteiger partial charge is 0.357 e. The molecule has 0 radical (unpaired) electrons. The first-order valence-corrected chi connectivity index (χ1v) is 13.6. The summed E-state index contributed by atoms with van der Waals surface area (Å²) in [4.78, 5) is 12.5. The highest BCUT2D eigenvalue weighted by molar-refractivity contribution is 5.86. The molecule has 1 aliphatic heterocycles. The maximum absolute atomic E-state index is 4.90. The van der Waals surface area contributed by atoms with Gasteiger partial charge in [-0.3, -0.25) is 5.32 Å². The zero-order valence-electron chi connectivity index (χ0n) is 21.6. The number of rotatable bonds is 10. The lowest BCUT2D eigenvalue weighted by Crippen LogP contribution is -2.49. The first-order valence-electron chi connectivity index (χ1n) is 13.6. The third-order valence-corrected chi connectivity index (χ3v) is 7.82. The topological polar surface area (TPSA) is 56.5 Å². The van der Waals surface area contributed by atoms with Crippen LogP contribution >= 0.6 is 0 Å². The average Bonchev–Trinajstić information content (AvgIpc) is 3.51. The lowest BCUT2D eigenvalue weighted by Gasteiger charge is -2.42. The number of aromatic nitrogens is 3. The van der Waals surface area contributed by atoms with Crippen molar-refractivity contribution in [1.29, 1.82) is 0 Å². The van der Waals surface area contributed by atoms with Crippen LogP contribution in [-0.4, -0.2) is 15.0 Å². The van der Waals surface area contributed by atoms with Gasteiger partial charge in [0.1, 0.15) is 5.82 Å². The molecule has 0 spiro atoms. The third-order valence-electron chi connectivity index (χ3n) is 7.82. The Bertz CT molecular complexity index is 1240. The van der Waals surface area contributed by atoms with E-state index < -0.39 is 0 Å². The molecule has 0 aliphatic carbocycles. The Kier molecular flexibility index (Phi) is 7.10. The minimum Gasteiger partial charge on any atom is -0.357 e. The molecule has 4 heteroatoms. The van der Waals surface area contributed by atoms with Crippen LogP contribution in [-0.2, 0) is 12.0 Å². The van der Waals surface area contributed by atoms with Gasteiger partial charge >= 0.3 is 0 Å². The van der Waals surface area contributed by atoms with E-state index in [1.54, 1.807) is 0 Å². The van der Waals surface area contributed by atoms with Crippen molar-refractivity contribution >= 4 is 10.9 Å². The zero-order chi connectivity index (χ0) is 24.3. The number of benzene rings is 2. The van der Waals surface area contributed by atoms with Crippen molar-refractivity contribution < 1.29 is 0 Å². The van der Waals surface area contributed by atoms with E-state index in [0.717, 1.165) is 30.8 Å². The maximum atomic E-state index is 4.90. The predicted octanol–water partition coefficient (Wildman–Crippen LogP) is 8.11. The monoisotopic (exact) mass is 468 g/mol. The summed E-state index contributed by atoms with van der Waals surface area (Å²) in [6.07, 6.45) is 12.8. The molecule has 1 atom stereocenters. The van der Waals surface area contributed by atoms with Crippen molar-refractivity contribution in [3.63, 3.8) is 0 Å². The molecule has 0 saturated heterocycles. The van der Waals surface area contributed by atoms with Crippen molar-refractivity contribution in [3.8, 4) is 11.3 Å². The normalized spacial score (nSPS) is 17.1. The Morgan fingerprint density at radius 1 is 0.914 bits per heavy atom. The van der Waals surface area contributed by atoms with E-state index in [1.165, 1.54) is 71.8 Å². The fourth-order valence-electron chi connectivity index (χ4n) is 5.96. The van der Waals surface area contributed by atoms with E-state index >= 15 is 0 Å². The van der Waals surface area contributed by atoms with Crippen molar-refractivity contribution in [2.75, 3.05) is 0 Å². The second-order valence-corrected chi connectivity index (χ2v) is 10.5. The number of nitrogens with zero attached hydrogens (tertiary/aromatic N) is 1. The molecule has 2 aromatic heterocycles. The van der Waals surface area contributed by atoms with Gasteiger partial charge in [-0.1, -0.05) is 94.3 Å². The number of aromatic amines is 2. The van der Waals surface area contributed by atoms with Gasteiger partial charge in [-0.05, 0) is 49.4 Å². The molecule has 0 bridgehead atoms. The van der Waals surface area contributed by atoms with Crippen LogP contribution in [0.3, 0.4) is 0 Å². The van der Waals surface area contributed by atoms with E-state index in [9.17, 15) is 0 Å². The van der Waals surface area contributed by atoms with Gasteiger partial charge in [0, 0.05) is 16.6 Å². The predicted molar refractivity (Wildman–Crippen MR) is 147 cm³/mol. The van der Waals surface area contributed by atoms with Gasteiger partial charge in [0.2, 0.25) is 0 Å². The van der Waals surface area contributed by atoms with E-state index in [0.29, 0.717) is 0 Å². The van der Waals surface area contributed by atoms with Gasteiger partial charge in [-0.2, -0.15) is 0 Å². The molecule has 4 nitrogen and oxygen atoms in total. The average molecular weight is 469 g/mol. The van der Waals surface area contributed by atoms with Gasteiger partial charge < -0.3 is 9.97 Å². The summed E-state index contributed by atoms with van der Waals surface area (Å²) in [7, 11) is 0. The van der Waals surface area contributed by atoms with Crippen molar-refractivity contribution in [2.45, 2.75) is 90.1 Å². The summed E-state index contributed by atoms with van der Waals surface area (Å²) in [5.41, 5.74) is 7.72. The summed E-state index contributed by atoms with van der Waals surface area (Å²) in [6.45, 7) is 6.80. The zero-order valence-corrected chi connectivity index (χ0v) is 21.6. The number of aryl methyl sites for hydroxylation is 1. The molecule has 1 aliphatic rings. The van der Waals surface area contributed by atoms with Crippen LogP contribution in [0.5, 0.6) is 0 Å². The molecule has 2 aromatic carbocycles. The molecule has 0 unspecified atom stereocenters. The number of imidazole rings is 1. The van der Waals surface area contributed by atoms with Crippen molar-refractivity contribution in [3.05, 3.63) is 77.4 Å². The molecule has 3 N–H and O–H groups in total. The second kappa shape index (κ2) is 10.4. The van der Waals surface area contributed by atoms with Gasteiger partial charge in [0.15, 0.2) is 0 Å². The molecule has 0 saturated carbocycles. The number of hydrogen-bond acceptors (Lipinski definition) is 2. The highest BCUT2D eigenvalue weighted by Gasteiger charge is 2.42. The van der Waals surface area contributed by atoms with Crippen LogP contribution in [0.1, 0.15) is 93.9 Å². The van der Waals surface area contributed by atoms with Crippen molar-refractivity contribution in [2.24, 2.45) is 0 Å². The van der Waals surface area contributed by atoms with E-state index in [1.807, 2.05) is 6.20 Å². The maximum Gasteiger partial charge on any atom is 0.124 e. The number of fused-ring (bicyclic) bond motifs is 3. The number of hydrogen-bond donors (Lipinski definition) is 3. The van der Waals surface area contributed by atoms with Crippen LogP contribution in [0.2, 0.25) is 0 Å². The fourth-order valence-corrected chi connectivity index (χ4v) is 5.96. The molecular formula is C31H40N4. The van der Waals surface area contributed by atoms with Gasteiger partial charge in [0.25, 0.3) is 0 Å². The lowest BCUT2D eigenvalue weighted by molar-refractivity contribution is 0.209. The highest BCUT2D eigenvalue weighted by atomic mass is 15.1. The molecule has 184 valence electrons. The van der Waals surface area contributed by atoms with Crippen LogP contribution in [0.4, 0.5) is 0 Å². The van der Waals surface area contributed by atoms with E-state index in [4.69, 9.17) is 4.98 Å². The molecule has 0 amide bonds. The first-order chi connectivity index (χ1) is 17.1. The van der Waals surface area contributed by atoms with Crippen LogP contribution in [0.15, 0.2) is 54.7 Å². The quantitative estimate of drug-likeness (QED) is 0.206. The SMILES string of the molecule is CCCCCC1(CCCCC)N[C@@H](c2ncc(-c3ccccc3)[nH]2)Cc2c1[nH]c1ccc(C)cc21. The minimum atomic E-state index is -0.0464. The van der Waals surface area contributed by atoms with Crippen molar-refractivity contribution in [1.82, 2.24) is 20.3 Å². The Balaban J connectivity index is 1.58. The molecule has 4 aromatic rings. The summed E-state index contributed by atoms with van der Waals surface area (Å²) >= 11 is 0. The minimum absolute atomic E-state index is 0.0464. The van der Waals surface area contributed by atoms with E-state index in [2.05, 4.69) is 84.6 Å². The molecule has 0 fully saturated rings. The van der Waals surface area contributed by atoms with Crippen LogP contribution < -0.4 is 5.32 Å². The summed E-state index contributed by atoms with van der Waals surface area (Å²) < 4.78 is 0. The van der Waals surface area contributed by atoms with E-state index in [-0.39, 0.29) is 11.6 Å². The molecule has 5 rings (SSSR count). The van der Waals surface area contributed by atoms with Gasteiger partial charge in [-0.15, -0.1) is 0 Å². The van der Waals surface area contributed by atoms with Gasteiger partial charge in [0.05, 0.1) is 23.5 Å². The fraction of sp³-hybridized carbons (Fsp3) is 0.452. The molecular weight excluding hydrogens is 428 g/mol. The Morgan fingerprint density at radius 3 is 2.37 bits per heavy atom. The smallest absolute Gasteiger partial charge is 0.124 e. The Hall–Kier alpha value is -2.85. The highest BCUT2D eigenvalue weighted by Crippen LogP contribution is 2.44. The number of H-pyrrole nitrogens is 2. The van der Waals surface area contributed by atoms with Gasteiger partial charge in [-0.25, -0.2) is 4.98 Å². The number of unbranched alkanes of at least 4 members (excludes halogenated alkanes) is 4.